The number of amides is 1. The molecule has 0 aliphatic carbocycles. The summed E-state index contributed by atoms with van der Waals surface area (Å²) in [7, 11) is 0. The Kier molecular flexibility index (Phi) is 10.8. The van der Waals surface area contributed by atoms with E-state index in [0.29, 0.717) is 24.7 Å². The molecule has 2 atom stereocenters. The Morgan fingerprint density at radius 2 is 1.69 bits per heavy atom. The second-order valence-corrected chi connectivity index (χ2v) is 10.7. The highest BCUT2D eigenvalue weighted by Gasteiger charge is 2.24. The van der Waals surface area contributed by atoms with Crippen LogP contribution in [-0.2, 0) is 24.3 Å². The van der Waals surface area contributed by atoms with Gasteiger partial charge in [0.05, 0.1) is 17.7 Å². The molecule has 0 saturated carbocycles. The summed E-state index contributed by atoms with van der Waals surface area (Å²) in [5.74, 6) is 0.101. The van der Waals surface area contributed by atoms with Crippen molar-refractivity contribution in [1.29, 1.82) is 0 Å². The average molecular weight is 585 g/mol. The van der Waals surface area contributed by atoms with Crippen molar-refractivity contribution in [1.82, 2.24) is 19.8 Å². The number of para-hydroxylation sites is 1. The first-order valence-electron chi connectivity index (χ1n) is 14.0. The van der Waals surface area contributed by atoms with Crippen molar-refractivity contribution in [3.8, 4) is 0 Å². The molecule has 2 N–H and O–H groups in total. The molecule has 4 aromatic rings. The summed E-state index contributed by atoms with van der Waals surface area (Å²) in [6, 6.07) is 26.2. The number of anilines is 1. The molecule has 0 spiro atoms. The monoisotopic (exact) mass is 584 g/mol. The molecule has 1 heterocycles. The Morgan fingerprint density at radius 1 is 1.02 bits per heavy atom. The number of nitro groups is 1. The van der Waals surface area contributed by atoms with Gasteiger partial charge in [0, 0.05) is 55.4 Å². The van der Waals surface area contributed by atoms with E-state index in [4.69, 9.17) is 12.2 Å². The Morgan fingerprint density at radius 3 is 2.33 bits per heavy atom. The van der Waals surface area contributed by atoms with Crippen LogP contribution in [0.3, 0.4) is 0 Å². The zero-order valence-corrected chi connectivity index (χ0v) is 24.7. The van der Waals surface area contributed by atoms with E-state index in [2.05, 4.69) is 46.5 Å². The van der Waals surface area contributed by atoms with Crippen molar-refractivity contribution in [2.45, 2.75) is 45.8 Å². The normalized spacial score (nSPS) is 12.2. The molecule has 0 aliphatic heterocycles. The van der Waals surface area contributed by atoms with Gasteiger partial charge in [0.15, 0.2) is 5.11 Å². The van der Waals surface area contributed by atoms with Crippen LogP contribution < -0.4 is 10.6 Å². The number of rotatable bonds is 13. The highest BCUT2D eigenvalue weighted by Crippen LogP contribution is 2.17. The number of benzene rings is 3. The smallest absolute Gasteiger partial charge is 0.269 e. The molecule has 0 radical (unpaired) electrons. The zero-order chi connectivity index (χ0) is 29.9. The molecule has 0 unspecified atom stereocenters. The van der Waals surface area contributed by atoms with Crippen molar-refractivity contribution < 1.29 is 9.72 Å². The number of hydrogen-bond acceptors (Lipinski definition) is 5. The minimum atomic E-state index is -0.421. The number of imidazole rings is 1. The Balaban J connectivity index is 1.46. The number of non-ortho nitro benzene ring substituents is 1. The second kappa shape index (κ2) is 14.9. The molecular formula is C32H36N6O3S. The fourth-order valence-corrected chi connectivity index (χ4v) is 4.87. The standard InChI is InChI=1S/C32H36N6O3S/c1-3-24(2)30(22-36(20-25-10-6-4-7-11-25)32(42)34-27-12-8-5-9-13-27)35-31(39)18-29-19-33-23-37(29)21-26-14-16-28(17-15-26)38(40)41/h4-17,19,23-24,30H,3,18,20-22H2,1-2H3,(H,34,42)(H,35,39)/t24-,30+/m0/s1. The van der Waals surface area contributed by atoms with Crippen molar-refractivity contribution >= 4 is 34.6 Å². The first kappa shape index (κ1) is 30.4. The highest BCUT2D eigenvalue weighted by atomic mass is 32.1. The largest absolute Gasteiger partial charge is 0.351 e. The molecule has 4 rings (SSSR count). The molecule has 0 bridgehead atoms. The molecule has 0 saturated heterocycles. The summed E-state index contributed by atoms with van der Waals surface area (Å²) in [6.45, 7) is 5.85. The molecule has 218 valence electrons. The number of nitrogens with zero attached hydrogens (tertiary/aromatic N) is 4. The minimum absolute atomic E-state index is 0.0415. The van der Waals surface area contributed by atoms with E-state index in [9.17, 15) is 14.9 Å². The van der Waals surface area contributed by atoms with Gasteiger partial charge in [0.25, 0.3) is 5.69 Å². The molecule has 1 aromatic heterocycles. The van der Waals surface area contributed by atoms with Crippen LogP contribution in [0.4, 0.5) is 11.4 Å². The molecule has 0 fully saturated rings. The van der Waals surface area contributed by atoms with Crippen LogP contribution in [-0.4, -0.2) is 43.0 Å². The average Bonchev–Trinajstić information content (AvgIpc) is 3.43. The third kappa shape index (κ3) is 8.71. The fraction of sp³-hybridized carbons (Fsp3) is 0.281. The van der Waals surface area contributed by atoms with Gasteiger partial charge in [-0.05, 0) is 41.4 Å². The van der Waals surface area contributed by atoms with Gasteiger partial charge in [0.2, 0.25) is 5.91 Å². The summed E-state index contributed by atoms with van der Waals surface area (Å²) in [5.41, 5.74) is 3.72. The van der Waals surface area contributed by atoms with Gasteiger partial charge in [-0.25, -0.2) is 4.98 Å². The van der Waals surface area contributed by atoms with Crippen LogP contribution in [0.1, 0.15) is 37.1 Å². The maximum atomic E-state index is 13.4. The quantitative estimate of drug-likeness (QED) is 0.116. The summed E-state index contributed by atoms with van der Waals surface area (Å²) >= 11 is 5.86. The van der Waals surface area contributed by atoms with Gasteiger partial charge in [0.1, 0.15) is 0 Å². The minimum Gasteiger partial charge on any atom is -0.351 e. The van der Waals surface area contributed by atoms with Crippen molar-refractivity contribution in [2.75, 3.05) is 11.9 Å². The Labute approximate surface area is 251 Å². The number of nitro benzene ring substituents is 1. The summed E-state index contributed by atoms with van der Waals surface area (Å²) in [6.07, 6.45) is 4.40. The zero-order valence-electron chi connectivity index (χ0n) is 23.8. The Bertz CT molecular complexity index is 1460. The van der Waals surface area contributed by atoms with E-state index in [0.717, 1.165) is 28.9 Å². The van der Waals surface area contributed by atoms with E-state index in [1.165, 1.54) is 12.1 Å². The van der Waals surface area contributed by atoms with E-state index < -0.39 is 4.92 Å². The van der Waals surface area contributed by atoms with Gasteiger partial charge >= 0.3 is 0 Å². The lowest BCUT2D eigenvalue weighted by molar-refractivity contribution is -0.384. The first-order chi connectivity index (χ1) is 20.3. The van der Waals surface area contributed by atoms with Crippen molar-refractivity contribution in [3.63, 3.8) is 0 Å². The van der Waals surface area contributed by atoms with Gasteiger partial charge < -0.3 is 20.1 Å². The molecule has 3 aromatic carbocycles. The summed E-state index contributed by atoms with van der Waals surface area (Å²) < 4.78 is 1.89. The number of carbonyl (C=O) groups excluding carboxylic acids is 1. The maximum absolute atomic E-state index is 13.4. The van der Waals surface area contributed by atoms with E-state index in [1.807, 2.05) is 53.1 Å². The SMILES string of the molecule is CC[C@H](C)[C@@H](CN(Cc1ccccc1)C(=S)Nc1ccccc1)NC(=O)Cc1cncn1Cc1ccc([N+](=O)[O-])cc1. The molecule has 9 nitrogen and oxygen atoms in total. The second-order valence-electron chi connectivity index (χ2n) is 10.3. The van der Waals surface area contributed by atoms with Crippen LogP contribution in [0.15, 0.2) is 97.5 Å². The summed E-state index contributed by atoms with van der Waals surface area (Å²) in [5, 5.41) is 18.2. The van der Waals surface area contributed by atoms with E-state index >= 15 is 0 Å². The Hall–Kier alpha value is -4.57. The topological polar surface area (TPSA) is 105 Å². The molecule has 42 heavy (non-hydrogen) atoms. The fourth-order valence-electron chi connectivity index (χ4n) is 4.62. The van der Waals surface area contributed by atoms with Crippen LogP contribution >= 0.6 is 12.2 Å². The predicted molar refractivity (Wildman–Crippen MR) is 169 cm³/mol. The maximum Gasteiger partial charge on any atom is 0.269 e. The first-order valence-corrected chi connectivity index (χ1v) is 14.4. The predicted octanol–water partition coefficient (Wildman–Crippen LogP) is 5.81. The highest BCUT2D eigenvalue weighted by molar-refractivity contribution is 7.80. The van der Waals surface area contributed by atoms with Gasteiger partial charge in [-0.2, -0.15) is 0 Å². The van der Waals surface area contributed by atoms with E-state index in [1.54, 1.807) is 24.7 Å². The number of aromatic nitrogens is 2. The lowest BCUT2D eigenvalue weighted by Crippen LogP contribution is -2.50. The van der Waals surface area contributed by atoms with E-state index in [-0.39, 0.29) is 30.0 Å². The summed E-state index contributed by atoms with van der Waals surface area (Å²) in [4.78, 5) is 30.3. The van der Waals surface area contributed by atoms with Crippen molar-refractivity contribution in [3.05, 3.63) is 124 Å². The van der Waals surface area contributed by atoms with Gasteiger partial charge in [-0.1, -0.05) is 80.9 Å². The molecular weight excluding hydrogens is 548 g/mol. The van der Waals surface area contributed by atoms with Gasteiger partial charge in [-0.15, -0.1) is 0 Å². The van der Waals surface area contributed by atoms with Crippen LogP contribution in [0.2, 0.25) is 0 Å². The number of thiocarbonyl (C=S) groups is 1. The third-order valence-corrected chi connectivity index (χ3v) is 7.62. The number of nitrogens with one attached hydrogen (secondary N) is 2. The number of carbonyl (C=O) groups is 1. The lowest BCUT2D eigenvalue weighted by atomic mass is 9.98. The van der Waals surface area contributed by atoms with Crippen molar-refractivity contribution in [2.24, 2.45) is 5.92 Å². The molecule has 1 amide bonds. The van der Waals surface area contributed by atoms with Crippen LogP contribution in [0.5, 0.6) is 0 Å². The van der Waals surface area contributed by atoms with Gasteiger partial charge in [-0.3, -0.25) is 14.9 Å². The van der Waals surface area contributed by atoms with Crippen LogP contribution in [0, 0.1) is 16.0 Å². The lowest BCUT2D eigenvalue weighted by Gasteiger charge is -2.33. The molecule has 10 heteroatoms. The third-order valence-electron chi connectivity index (χ3n) is 7.26. The van der Waals surface area contributed by atoms with Crippen LogP contribution in [0.25, 0.3) is 0 Å². The molecule has 0 aliphatic rings. The number of hydrogen-bond donors (Lipinski definition) is 2.